The zero-order valence-electron chi connectivity index (χ0n) is 12.2. The van der Waals surface area contributed by atoms with E-state index in [-0.39, 0.29) is 11.9 Å². The molecular weight excluding hydrogens is 258 g/mol. The standard InChI is InChI=1S/C14H21N3O3/c1-4-10-14(18)17(8-7-16-10)9-11-13(20-3)12(19-2)5-6-15-11/h5-6,10,16H,4,7-9H2,1-3H3. The van der Waals surface area contributed by atoms with Crippen LogP contribution in [-0.4, -0.2) is 49.1 Å². The van der Waals surface area contributed by atoms with Crippen LogP contribution < -0.4 is 14.8 Å². The second kappa shape index (κ2) is 6.56. The summed E-state index contributed by atoms with van der Waals surface area (Å²) in [6.45, 7) is 3.93. The van der Waals surface area contributed by atoms with Gasteiger partial charge in [0, 0.05) is 25.4 Å². The van der Waals surface area contributed by atoms with E-state index >= 15 is 0 Å². The fraction of sp³-hybridized carbons (Fsp3) is 0.571. The van der Waals surface area contributed by atoms with E-state index < -0.39 is 0 Å². The van der Waals surface area contributed by atoms with Crippen LogP contribution in [0.4, 0.5) is 0 Å². The van der Waals surface area contributed by atoms with Gasteiger partial charge < -0.3 is 19.7 Å². The highest BCUT2D eigenvalue weighted by Crippen LogP contribution is 2.30. The average Bonchev–Trinajstić information content (AvgIpc) is 2.49. The number of methoxy groups -OCH3 is 2. The third kappa shape index (κ3) is 2.85. The van der Waals surface area contributed by atoms with Gasteiger partial charge in [-0.2, -0.15) is 0 Å². The summed E-state index contributed by atoms with van der Waals surface area (Å²) in [4.78, 5) is 18.4. The molecule has 1 unspecified atom stereocenters. The van der Waals surface area contributed by atoms with Crippen molar-refractivity contribution in [3.05, 3.63) is 18.0 Å². The van der Waals surface area contributed by atoms with E-state index in [1.165, 1.54) is 0 Å². The molecule has 1 aromatic heterocycles. The van der Waals surface area contributed by atoms with E-state index in [1.54, 1.807) is 26.5 Å². The van der Waals surface area contributed by atoms with Crippen molar-refractivity contribution >= 4 is 5.91 Å². The minimum absolute atomic E-state index is 0.0969. The first kappa shape index (κ1) is 14.6. The van der Waals surface area contributed by atoms with Crippen LogP contribution in [0.3, 0.4) is 0 Å². The molecule has 0 bridgehead atoms. The van der Waals surface area contributed by atoms with Crippen LogP contribution >= 0.6 is 0 Å². The molecule has 0 radical (unpaired) electrons. The molecule has 1 amide bonds. The van der Waals surface area contributed by atoms with Gasteiger partial charge in [-0.05, 0) is 6.42 Å². The molecule has 1 aromatic rings. The van der Waals surface area contributed by atoms with E-state index in [1.807, 2.05) is 11.8 Å². The molecule has 1 atom stereocenters. The SMILES string of the molecule is CCC1NCCN(Cc2nccc(OC)c2OC)C1=O. The molecule has 1 N–H and O–H groups in total. The van der Waals surface area contributed by atoms with Crippen LogP contribution in [0.2, 0.25) is 0 Å². The molecule has 6 heteroatoms. The first-order valence-electron chi connectivity index (χ1n) is 6.79. The van der Waals surface area contributed by atoms with Crippen LogP contribution in [-0.2, 0) is 11.3 Å². The number of rotatable bonds is 5. The molecular formula is C14H21N3O3. The topological polar surface area (TPSA) is 63.7 Å². The van der Waals surface area contributed by atoms with Crippen molar-refractivity contribution in [2.75, 3.05) is 27.3 Å². The van der Waals surface area contributed by atoms with Gasteiger partial charge in [0.15, 0.2) is 11.5 Å². The molecule has 2 rings (SSSR count). The first-order chi connectivity index (χ1) is 9.71. The van der Waals surface area contributed by atoms with E-state index in [2.05, 4.69) is 10.3 Å². The number of hydrogen-bond acceptors (Lipinski definition) is 5. The second-order valence-corrected chi connectivity index (χ2v) is 4.67. The average molecular weight is 279 g/mol. The smallest absolute Gasteiger partial charge is 0.240 e. The van der Waals surface area contributed by atoms with Gasteiger partial charge in [-0.1, -0.05) is 6.92 Å². The molecule has 1 fully saturated rings. The van der Waals surface area contributed by atoms with Crippen molar-refractivity contribution in [1.82, 2.24) is 15.2 Å². The highest BCUT2D eigenvalue weighted by molar-refractivity contribution is 5.82. The van der Waals surface area contributed by atoms with Gasteiger partial charge in [0.05, 0.1) is 26.8 Å². The summed E-state index contributed by atoms with van der Waals surface area (Å²) in [7, 11) is 3.17. The Morgan fingerprint density at radius 2 is 2.25 bits per heavy atom. The van der Waals surface area contributed by atoms with Gasteiger partial charge in [-0.3, -0.25) is 9.78 Å². The number of piperazine rings is 1. The van der Waals surface area contributed by atoms with Gasteiger partial charge >= 0.3 is 0 Å². The normalized spacial score (nSPS) is 19.1. The van der Waals surface area contributed by atoms with Gasteiger partial charge in [0.25, 0.3) is 0 Å². The molecule has 110 valence electrons. The maximum atomic E-state index is 12.3. The Bertz CT molecular complexity index is 479. The highest BCUT2D eigenvalue weighted by Gasteiger charge is 2.28. The molecule has 0 aliphatic carbocycles. The summed E-state index contributed by atoms with van der Waals surface area (Å²) < 4.78 is 10.6. The number of ether oxygens (including phenoxy) is 2. The minimum Gasteiger partial charge on any atom is -0.493 e. The Balaban J connectivity index is 2.19. The molecule has 1 saturated heterocycles. The molecule has 6 nitrogen and oxygen atoms in total. The Morgan fingerprint density at radius 1 is 1.45 bits per heavy atom. The third-order valence-corrected chi connectivity index (χ3v) is 3.50. The lowest BCUT2D eigenvalue weighted by Gasteiger charge is -2.32. The van der Waals surface area contributed by atoms with Crippen molar-refractivity contribution in [3.8, 4) is 11.5 Å². The fourth-order valence-corrected chi connectivity index (χ4v) is 2.41. The van der Waals surface area contributed by atoms with Crippen molar-refractivity contribution in [3.63, 3.8) is 0 Å². The molecule has 2 heterocycles. The second-order valence-electron chi connectivity index (χ2n) is 4.67. The lowest BCUT2D eigenvalue weighted by atomic mass is 10.1. The predicted octanol–water partition coefficient (Wildman–Crippen LogP) is 0.809. The monoisotopic (exact) mass is 279 g/mol. The fourth-order valence-electron chi connectivity index (χ4n) is 2.41. The summed E-state index contributed by atoms with van der Waals surface area (Å²) in [5.74, 6) is 1.34. The Labute approximate surface area is 119 Å². The van der Waals surface area contributed by atoms with Gasteiger partial charge in [0.1, 0.15) is 5.69 Å². The lowest BCUT2D eigenvalue weighted by Crippen LogP contribution is -2.54. The van der Waals surface area contributed by atoms with Crippen molar-refractivity contribution < 1.29 is 14.3 Å². The maximum absolute atomic E-state index is 12.3. The zero-order valence-corrected chi connectivity index (χ0v) is 12.2. The van der Waals surface area contributed by atoms with E-state index in [4.69, 9.17) is 9.47 Å². The van der Waals surface area contributed by atoms with Crippen LogP contribution in [0.15, 0.2) is 12.3 Å². The summed E-state index contributed by atoms with van der Waals surface area (Å²) in [5, 5.41) is 3.22. The zero-order chi connectivity index (χ0) is 14.5. The van der Waals surface area contributed by atoms with Gasteiger partial charge in [-0.15, -0.1) is 0 Å². The highest BCUT2D eigenvalue weighted by atomic mass is 16.5. The number of carbonyl (C=O) groups excluding carboxylic acids is 1. The van der Waals surface area contributed by atoms with Crippen molar-refractivity contribution in [2.24, 2.45) is 0 Å². The Hall–Kier alpha value is -1.82. The molecule has 1 aliphatic rings. The lowest BCUT2D eigenvalue weighted by molar-refractivity contribution is -0.136. The molecule has 0 aromatic carbocycles. The molecule has 0 spiro atoms. The number of nitrogens with zero attached hydrogens (tertiary/aromatic N) is 2. The molecule has 1 aliphatic heterocycles. The van der Waals surface area contributed by atoms with E-state index in [0.29, 0.717) is 24.6 Å². The number of hydrogen-bond donors (Lipinski definition) is 1. The summed E-state index contributed by atoms with van der Waals surface area (Å²) in [6.07, 6.45) is 2.46. The Kier molecular flexibility index (Phi) is 4.79. The summed E-state index contributed by atoms with van der Waals surface area (Å²) in [6, 6.07) is 1.65. The maximum Gasteiger partial charge on any atom is 0.240 e. The number of pyridine rings is 1. The van der Waals surface area contributed by atoms with Crippen LogP contribution in [0.5, 0.6) is 11.5 Å². The summed E-state index contributed by atoms with van der Waals surface area (Å²) >= 11 is 0. The van der Waals surface area contributed by atoms with Crippen LogP contribution in [0, 0.1) is 0 Å². The largest absolute Gasteiger partial charge is 0.493 e. The van der Waals surface area contributed by atoms with E-state index in [9.17, 15) is 4.79 Å². The molecule has 20 heavy (non-hydrogen) atoms. The van der Waals surface area contributed by atoms with Gasteiger partial charge in [-0.25, -0.2) is 0 Å². The number of aromatic nitrogens is 1. The van der Waals surface area contributed by atoms with Crippen LogP contribution in [0.25, 0.3) is 0 Å². The Morgan fingerprint density at radius 3 is 2.90 bits per heavy atom. The quantitative estimate of drug-likeness (QED) is 0.864. The van der Waals surface area contributed by atoms with Crippen molar-refractivity contribution in [1.29, 1.82) is 0 Å². The molecule has 0 saturated carbocycles. The first-order valence-corrected chi connectivity index (χ1v) is 6.79. The van der Waals surface area contributed by atoms with Crippen molar-refractivity contribution in [2.45, 2.75) is 25.9 Å². The number of carbonyl (C=O) groups is 1. The van der Waals surface area contributed by atoms with Gasteiger partial charge in [0.2, 0.25) is 5.91 Å². The van der Waals surface area contributed by atoms with E-state index in [0.717, 1.165) is 18.7 Å². The minimum atomic E-state index is -0.0969. The number of nitrogens with one attached hydrogen (secondary N) is 1. The van der Waals surface area contributed by atoms with Crippen LogP contribution in [0.1, 0.15) is 19.0 Å². The predicted molar refractivity (Wildman–Crippen MR) is 74.8 cm³/mol. The number of amides is 1. The summed E-state index contributed by atoms with van der Waals surface area (Å²) in [5.41, 5.74) is 0.719. The third-order valence-electron chi connectivity index (χ3n) is 3.50.